The Morgan fingerprint density at radius 2 is 1.76 bits per heavy atom. The van der Waals surface area contributed by atoms with E-state index >= 15 is 0 Å². The van der Waals surface area contributed by atoms with Gasteiger partial charge in [0, 0.05) is 25.2 Å². The molecule has 5 heteroatoms. The van der Waals surface area contributed by atoms with Crippen molar-refractivity contribution in [3.63, 3.8) is 0 Å². The lowest BCUT2D eigenvalue weighted by molar-refractivity contribution is -0.137. The van der Waals surface area contributed by atoms with Crippen LogP contribution in [0.15, 0.2) is 23.3 Å². The van der Waals surface area contributed by atoms with E-state index in [0.29, 0.717) is 19.3 Å². The van der Waals surface area contributed by atoms with Crippen LogP contribution < -0.4 is 0 Å². The SMILES string of the molecule is CCCCC[C@H](O)/C=C/[C@@H]1C(CCCCCCC(=O)O)=C(C(=O)CCC)C[C@H]1O. The Labute approximate surface area is 175 Å². The van der Waals surface area contributed by atoms with Crippen molar-refractivity contribution in [2.75, 3.05) is 0 Å². The maximum Gasteiger partial charge on any atom is 0.303 e. The molecule has 0 unspecified atom stereocenters. The first-order valence-corrected chi connectivity index (χ1v) is 11.4. The Bertz CT molecular complexity index is 564. The Hall–Kier alpha value is -1.46. The molecule has 0 bridgehead atoms. The molecule has 3 N–H and O–H groups in total. The summed E-state index contributed by atoms with van der Waals surface area (Å²) in [5.41, 5.74) is 1.80. The van der Waals surface area contributed by atoms with Gasteiger partial charge >= 0.3 is 5.97 Å². The van der Waals surface area contributed by atoms with Gasteiger partial charge in [-0.05, 0) is 37.7 Å². The minimum absolute atomic E-state index is 0.131. The smallest absolute Gasteiger partial charge is 0.303 e. The van der Waals surface area contributed by atoms with Crippen molar-refractivity contribution in [2.24, 2.45) is 5.92 Å². The lowest BCUT2D eigenvalue weighted by Crippen LogP contribution is -2.15. The summed E-state index contributed by atoms with van der Waals surface area (Å²) < 4.78 is 0. The summed E-state index contributed by atoms with van der Waals surface area (Å²) in [6, 6.07) is 0. The van der Waals surface area contributed by atoms with Crippen LogP contribution in [-0.2, 0) is 9.59 Å². The van der Waals surface area contributed by atoms with E-state index in [-0.39, 0.29) is 18.1 Å². The highest BCUT2D eigenvalue weighted by atomic mass is 16.4. The highest BCUT2D eigenvalue weighted by Gasteiger charge is 2.33. The van der Waals surface area contributed by atoms with Crippen LogP contribution in [0.25, 0.3) is 0 Å². The van der Waals surface area contributed by atoms with Gasteiger partial charge in [-0.1, -0.05) is 63.7 Å². The van der Waals surface area contributed by atoms with Crippen molar-refractivity contribution in [3.05, 3.63) is 23.3 Å². The van der Waals surface area contributed by atoms with Crippen molar-refractivity contribution >= 4 is 11.8 Å². The average molecular weight is 409 g/mol. The summed E-state index contributed by atoms with van der Waals surface area (Å²) in [6.07, 6.45) is 12.4. The molecular weight excluding hydrogens is 368 g/mol. The molecule has 5 nitrogen and oxygen atoms in total. The van der Waals surface area contributed by atoms with Gasteiger partial charge in [-0.2, -0.15) is 0 Å². The molecule has 0 spiro atoms. The molecule has 3 atom stereocenters. The van der Waals surface area contributed by atoms with E-state index in [0.717, 1.165) is 68.9 Å². The van der Waals surface area contributed by atoms with E-state index in [1.165, 1.54) is 0 Å². The van der Waals surface area contributed by atoms with E-state index in [4.69, 9.17) is 5.11 Å². The molecular formula is C24H40O5. The van der Waals surface area contributed by atoms with Crippen LogP contribution in [0.4, 0.5) is 0 Å². The summed E-state index contributed by atoms with van der Waals surface area (Å²) in [4.78, 5) is 23.2. The molecule has 0 radical (unpaired) electrons. The van der Waals surface area contributed by atoms with E-state index in [2.05, 4.69) is 6.92 Å². The number of hydrogen-bond donors (Lipinski definition) is 3. The number of rotatable bonds is 16. The maximum absolute atomic E-state index is 12.6. The highest BCUT2D eigenvalue weighted by Crippen LogP contribution is 2.38. The van der Waals surface area contributed by atoms with Crippen molar-refractivity contribution in [1.82, 2.24) is 0 Å². The number of unbranched alkanes of at least 4 members (excludes halogenated alkanes) is 5. The van der Waals surface area contributed by atoms with Crippen LogP contribution in [-0.4, -0.2) is 39.3 Å². The second kappa shape index (κ2) is 14.5. The van der Waals surface area contributed by atoms with Gasteiger partial charge in [0.15, 0.2) is 5.78 Å². The van der Waals surface area contributed by atoms with E-state index in [9.17, 15) is 19.8 Å². The minimum Gasteiger partial charge on any atom is -0.481 e. The van der Waals surface area contributed by atoms with Crippen molar-refractivity contribution in [1.29, 1.82) is 0 Å². The third-order valence-corrected chi connectivity index (χ3v) is 5.66. The fourth-order valence-corrected chi connectivity index (χ4v) is 4.03. The molecule has 0 saturated carbocycles. The van der Waals surface area contributed by atoms with Gasteiger partial charge < -0.3 is 15.3 Å². The largest absolute Gasteiger partial charge is 0.481 e. The van der Waals surface area contributed by atoms with Crippen LogP contribution >= 0.6 is 0 Å². The number of hydrogen-bond acceptors (Lipinski definition) is 4. The average Bonchev–Trinajstić information content (AvgIpc) is 2.98. The summed E-state index contributed by atoms with van der Waals surface area (Å²) in [7, 11) is 0. The van der Waals surface area contributed by atoms with Crippen LogP contribution in [0.1, 0.15) is 97.3 Å². The third kappa shape index (κ3) is 9.72. The quantitative estimate of drug-likeness (QED) is 0.248. The molecule has 1 aliphatic carbocycles. The second-order valence-electron chi connectivity index (χ2n) is 8.23. The number of ketones is 1. The number of aliphatic hydroxyl groups is 2. The first-order valence-electron chi connectivity index (χ1n) is 11.4. The third-order valence-electron chi connectivity index (χ3n) is 5.66. The second-order valence-corrected chi connectivity index (χ2v) is 8.23. The number of carbonyl (C=O) groups excluding carboxylic acids is 1. The molecule has 0 fully saturated rings. The molecule has 29 heavy (non-hydrogen) atoms. The molecule has 0 saturated heterocycles. The lowest BCUT2D eigenvalue weighted by Gasteiger charge is -2.16. The lowest BCUT2D eigenvalue weighted by atomic mass is 9.91. The standard InChI is InChI=1S/C24H40O5/c1-3-5-8-12-18(25)15-16-20-19(13-9-6-7-10-14-24(28)29)21(17-23(20)27)22(26)11-4-2/h15-16,18,20,23,25,27H,3-14,17H2,1-2H3,(H,28,29)/b16-15+/t18-,20+,23+/m0/s1. The van der Waals surface area contributed by atoms with Crippen LogP contribution in [0.5, 0.6) is 0 Å². The van der Waals surface area contributed by atoms with Crippen LogP contribution in [0, 0.1) is 5.92 Å². The zero-order valence-electron chi connectivity index (χ0n) is 18.2. The zero-order valence-corrected chi connectivity index (χ0v) is 18.2. The fourth-order valence-electron chi connectivity index (χ4n) is 4.03. The Morgan fingerprint density at radius 1 is 1.03 bits per heavy atom. The molecule has 0 heterocycles. The van der Waals surface area contributed by atoms with Gasteiger partial charge in [0.05, 0.1) is 12.2 Å². The Kier molecular flexibility index (Phi) is 12.8. The predicted octanol–water partition coefficient (Wildman–Crippen LogP) is 4.96. The topological polar surface area (TPSA) is 94.8 Å². The van der Waals surface area contributed by atoms with E-state index in [1.807, 2.05) is 13.0 Å². The number of Topliss-reactive ketones (excluding diaryl/α,β-unsaturated/α-hetero) is 1. The Morgan fingerprint density at radius 3 is 2.41 bits per heavy atom. The number of carboxylic acid groups (broad SMARTS) is 1. The first kappa shape index (κ1) is 25.6. The predicted molar refractivity (Wildman–Crippen MR) is 116 cm³/mol. The van der Waals surface area contributed by atoms with Gasteiger partial charge in [0.2, 0.25) is 0 Å². The van der Waals surface area contributed by atoms with Gasteiger partial charge in [0.1, 0.15) is 0 Å². The van der Waals surface area contributed by atoms with Crippen LogP contribution in [0.2, 0.25) is 0 Å². The molecule has 0 amide bonds. The summed E-state index contributed by atoms with van der Waals surface area (Å²) in [5.74, 6) is -0.834. The molecule has 166 valence electrons. The zero-order chi connectivity index (χ0) is 21.6. The van der Waals surface area contributed by atoms with Gasteiger partial charge in [-0.25, -0.2) is 0 Å². The normalized spacial score (nSPS) is 20.6. The summed E-state index contributed by atoms with van der Waals surface area (Å²) in [5, 5.41) is 29.5. The van der Waals surface area contributed by atoms with E-state index < -0.39 is 18.2 Å². The molecule has 1 rings (SSSR count). The van der Waals surface area contributed by atoms with E-state index in [1.54, 1.807) is 6.08 Å². The molecule has 0 aromatic rings. The number of aliphatic carboxylic acids is 1. The van der Waals surface area contributed by atoms with Gasteiger partial charge in [0.25, 0.3) is 0 Å². The Balaban J connectivity index is 2.74. The maximum atomic E-state index is 12.6. The minimum atomic E-state index is -0.762. The molecule has 1 aliphatic rings. The summed E-state index contributed by atoms with van der Waals surface area (Å²) >= 11 is 0. The van der Waals surface area contributed by atoms with Crippen molar-refractivity contribution in [3.8, 4) is 0 Å². The first-order chi connectivity index (χ1) is 13.9. The number of aliphatic hydroxyl groups excluding tert-OH is 2. The molecule has 0 aliphatic heterocycles. The van der Waals surface area contributed by atoms with Gasteiger partial charge in [-0.15, -0.1) is 0 Å². The van der Waals surface area contributed by atoms with Crippen molar-refractivity contribution < 1.29 is 24.9 Å². The fraction of sp³-hybridized carbons (Fsp3) is 0.750. The summed E-state index contributed by atoms with van der Waals surface area (Å²) in [6.45, 7) is 4.11. The van der Waals surface area contributed by atoms with Crippen LogP contribution in [0.3, 0.4) is 0 Å². The number of carboxylic acids is 1. The molecule has 0 aromatic heterocycles. The number of carbonyl (C=O) groups is 2. The highest BCUT2D eigenvalue weighted by molar-refractivity contribution is 5.96. The van der Waals surface area contributed by atoms with Crippen molar-refractivity contribution in [2.45, 2.75) is 110 Å². The monoisotopic (exact) mass is 408 g/mol. The molecule has 0 aromatic carbocycles. The van der Waals surface area contributed by atoms with Gasteiger partial charge in [-0.3, -0.25) is 9.59 Å².